The Bertz CT molecular complexity index is 477. The zero-order chi connectivity index (χ0) is 14.4. The largest absolute Gasteiger partial charge is 0.288 e. The first kappa shape index (κ1) is 15.3. The molecular formula is C18H22BrN. The molecule has 0 aliphatic carbocycles. The van der Waals surface area contributed by atoms with E-state index in [1.54, 1.807) is 0 Å². The second-order valence-corrected chi connectivity index (χ2v) is 6.12. The van der Waals surface area contributed by atoms with Gasteiger partial charge >= 0.3 is 0 Å². The number of hydrogen-bond acceptors (Lipinski definition) is 1. The minimum absolute atomic E-state index is 0.395. The van der Waals surface area contributed by atoms with E-state index in [2.05, 4.69) is 70.4 Å². The average Bonchev–Trinajstić information content (AvgIpc) is 2.47. The Morgan fingerprint density at radius 3 is 2.50 bits per heavy atom. The van der Waals surface area contributed by atoms with Gasteiger partial charge in [0.05, 0.1) is 0 Å². The van der Waals surface area contributed by atoms with Gasteiger partial charge in [-0.25, -0.2) is 0 Å². The van der Waals surface area contributed by atoms with Crippen LogP contribution < -0.4 is 0 Å². The Balaban J connectivity index is 2.23. The van der Waals surface area contributed by atoms with Crippen molar-refractivity contribution in [3.63, 3.8) is 0 Å². The third-order valence-corrected chi connectivity index (χ3v) is 4.66. The van der Waals surface area contributed by atoms with Crippen molar-refractivity contribution in [2.45, 2.75) is 37.9 Å². The lowest BCUT2D eigenvalue weighted by atomic mass is 9.96. The van der Waals surface area contributed by atoms with Crippen molar-refractivity contribution in [3.05, 3.63) is 71.8 Å². The first-order chi connectivity index (χ1) is 9.76. The van der Waals surface area contributed by atoms with E-state index in [0.717, 1.165) is 25.8 Å². The molecule has 1 aliphatic heterocycles. The Labute approximate surface area is 130 Å². The quantitative estimate of drug-likeness (QED) is 0.658. The predicted octanol–water partition coefficient (Wildman–Crippen LogP) is 5.06. The SMILES string of the molecule is C=CCC1CC=C(Br)C(CC=C)N1Cc1ccccc1. The van der Waals surface area contributed by atoms with E-state index < -0.39 is 0 Å². The van der Waals surface area contributed by atoms with Crippen molar-refractivity contribution in [3.8, 4) is 0 Å². The molecule has 0 fully saturated rings. The zero-order valence-electron chi connectivity index (χ0n) is 11.8. The summed E-state index contributed by atoms with van der Waals surface area (Å²) in [5.74, 6) is 0. The van der Waals surface area contributed by atoms with Crippen LogP contribution >= 0.6 is 15.9 Å². The average molecular weight is 332 g/mol. The molecule has 2 atom stereocenters. The number of nitrogens with zero attached hydrogens (tertiary/aromatic N) is 1. The van der Waals surface area contributed by atoms with Gasteiger partial charge in [0.25, 0.3) is 0 Å². The maximum absolute atomic E-state index is 3.91. The zero-order valence-corrected chi connectivity index (χ0v) is 13.4. The second-order valence-electron chi connectivity index (χ2n) is 5.20. The molecular weight excluding hydrogens is 310 g/mol. The molecule has 0 radical (unpaired) electrons. The van der Waals surface area contributed by atoms with Gasteiger partial charge in [-0.2, -0.15) is 0 Å². The molecule has 1 aromatic rings. The molecule has 0 saturated heterocycles. The van der Waals surface area contributed by atoms with Crippen LogP contribution in [0, 0.1) is 0 Å². The van der Waals surface area contributed by atoms with Gasteiger partial charge in [0.15, 0.2) is 0 Å². The fourth-order valence-electron chi connectivity index (χ4n) is 2.80. The Kier molecular flexibility index (Phi) is 5.81. The van der Waals surface area contributed by atoms with E-state index in [4.69, 9.17) is 0 Å². The highest BCUT2D eigenvalue weighted by Crippen LogP contribution is 2.32. The minimum Gasteiger partial charge on any atom is -0.288 e. The normalized spacial score (nSPS) is 23.1. The minimum atomic E-state index is 0.395. The predicted molar refractivity (Wildman–Crippen MR) is 90.8 cm³/mol. The highest BCUT2D eigenvalue weighted by atomic mass is 79.9. The van der Waals surface area contributed by atoms with Crippen LogP contribution in [0.5, 0.6) is 0 Å². The lowest BCUT2D eigenvalue weighted by molar-refractivity contribution is 0.140. The van der Waals surface area contributed by atoms with E-state index in [1.165, 1.54) is 10.0 Å². The van der Waals surface area contributed by atoms with E-state index >= 15 is 0 Å². The van der Waals surface area contributed by atoms with Crippen LogP contribution in [0.1, 0.15) is 24.8 Å². The van der Waals surface area contributed by atoms with Crippen LogP contribution in [-0.4, -0.2) is 17.0 Å². The molecule has 2 heteroatoms. The van der Waals surface area contributed by atoms with E-state index in [-0.39, 0.29) is 0 Å². The van der Waals surface area contributed by atoms with Gasteiger partial charge in [0, 0.05) is 23.1 Å². The number of hydrogen-bond donors (Lipinski definition) is 0. The fourth-order valence-corrected chi connectivity index (χ4v) is 3.43. The summed E-state index contributed by atoms with van der Waals surface area (Å²) in [5.41, 5.74) is 1.36. The summed E-state index contributed by atoms with van der Waals surface area (Å²) in [7, 11) is 0. The summed E-state index contributed by atoms with van der Waals surface area (Å²) < 4.78 is 1.29. The molecule has 20 heavy (non-hydrogen) atoms. The second kappa shape index (κ2) is 7.61. The Morgan fingerprint density at radius 1 is 1.15 bits per heavy atom. The van der Waals surface area contributed by atoms with Crippen molar-refractivity contribution in [2.24, 2.45) is 0 Å². The third kappa shape index (κ3) is 3.71. The molecule has 0 spiro atoms. The third-order valence-electron chi connectivity index (χ3n) is 3.81. The van der Waals surface area contributed by atoms with Crippen molar-refractivity contribution in [2.75, 3.05) is 0 Å². The van der Waals surface area contributed by atoms with Crippen molar-refractivity contribution >= 4 is 15.9 Å². The molecule has 106 valence electrons. The molecule has 2 unspecified atom stereocenters. The summed E-state index contributed by atoms with van der Waals surface area (Å²) >= 11 is 3.73. The highest BCUT2D eigenvalue weighted by molar-refractivity contribution is 9.11. The molecule has 1 nitrogen and oxygen atoms in total. The van der Waals surface area contributed by atoms with Gasteiger partial charge in [0.1, 0.15) is 0 Å². The van der Waals surface area contributed by atoms with Gasteiger partial charge in [0.2, 0.25) is 0 Å². The summed E-state index contributed by atoms with van der Waals surface area (Å²) in [5, 5.41) is 0. The standard InChI is InChI=1S/C18H22BrN/c1-3-8-16-12-13-17(19)18(9-4-2)20(16)14-15-10-6-5-7-11-15/h3-7,10-11,13,16,18H,1-2,8-9,12,14H2. The first-order valence-corrected chi connectivity index (χ1v) is 7.92. The van der Waals surface area contributed by atoms with Crippen molar-refractivity contribution in [1.29, 1.82) is 0 Å². The van der Waals surface area contributed by atoms with Gasteiger partial charge in [-0.3, -0.25) is 4.90 Å². The van der Waals surface area contributed by atoms with Crippen molar-refractivity contribution in [1.82, 2.24) is 4.90 Å². The molecule has 0 saturated carbocycles. The summed E-state index contributed by atoms with van der Waals surface area (Å²) in [6.07, 6.45) is 9.42. The Morgan fingerprint density at radius 2 is 1.85 bits per heavy atom. The lowest BCUT2D eigenvalue weighted by Gasteiger charge is -2.40. The maximum Gasteiger partial charge on any atom is 0.0451 e. The molecule has 0 aromatic heterocycles. The van der Waals surface area contributed by atoms with Crippen LogP contribution in [0.4, 0.5) is 0 Å². The molecule has 1 aromatic carbocycles. The maximum atomic E-state index is 3.91. The van der Waals surface area contributed by atoms with E-state index in [9.17, 15) is 0 Å². The first-order valence-electron chi connectivity index (χ1n) is 7.13. The van der Waals surface area contributed by atoms with Gasteiger partial charge < -0.3 is 0 Å². The smallest absolute Gasteiger partial charge is 0.0451 e. The topological polar surface area (TPSA) is 3.24 Å². The molecule has 0 bridgehead atoms. The Hall–Kier alpha value is -1.12. The van der Waals surface area contributed by atoms with Crippen LogP contribution in [0.2, 0.25) is 0 Å². The summed E-state index contributed by atoms with van der Waals surface area (Å²) in [6.45, 7) is 8.79. The molecule has 0 N–H and O–H groups in total. The van der Waals surface area contributed by atoms with Crippen LogP contribution in [0.3, 0.4) is 0 Å². The number of rotatable bonds is 6. The molecule has 1 heterocycles. The molecule has 0 amide bonds. The van der Waals surface area contributed by atoms with E-state index in [1.807, 2.05) is 12.2 Å². The van der Waals surface area contributed by atoms with Gasteiger partial charge in [-0.1, -0.05) is 64.5 Å². The highest BCUT2D eigenvalue weighted by Gasteiger charge is 2.29. The van der Waals surface area contributed by atoms with Crippen LogP contribution in [0.25, 0.3) is 0 Å². The summed E-state index contributed by atoms with van der Waals surface area (Å²) in [4.78, 5) is 2.57. The summed E-state index contributed by atoms with van der Waals surface area (Å²) in [6, 6.07) is 11.6. The van der Waals surface area contributed by atoms with Crippen molar-refractivity contribution < 1.29 is 0 Å². The van der Waals surface area contributed by atoms with Crippen LogP contribution in [0.15, 0.2) is 66.2 Å². The van der Waals surface area contributed by atoms with Gasteiger partial charge in [-0.05, 0) is 24.8 Å². The molecule has 2 rings (SSSR count). The van der Waals surface area contributed by atoms with Gasteiger partial charge in [-0.15, -0.1) is 13.2 Å². The lowest BCUT2D eigenvalue weighted by Crippen LogP contribution is -2.44. The fraction of sp³-hybridized carbons (Fsp3) is 0.333. The number of benzene rings is 1. The van der Waals surface area contributed by atoms with Crippen LogP contribution in [-0.2, 0) is 6.54 Å². The number of halogens is 1. The monoisotopic (exact) mass is 331 g/mol. The van der Waals surface area contributed by atoms with E-state index in [0.29, 0.717) is 12.1 Å². The molecule has 1 aliphatic rings.